The zero-order valence-electron chi connectivity index (χ0n) is 16.1. The van der Waals surface area contributed by atoms with Gasteiger partial charge in [0.1, 0.15) is 6.10 Å². The fourth-order valence-corrected chi connectivity index (χ4v) is 3.66. The van der Waals surface area contributed by atoms with Crippen molar-refractivity contribution in [3.63, 3.8) is 0 Å². The van der Waals surface area contributed by atoms with Gasteiger partial charge < -0.3 is 14.9 Å². The lowest BCUT2D eigenvalue weighted by molar-refractivity contribution is -0.140. The van der Waals surface area contributed by atoms with Crippen LogP contribution in [0.15, 0.2) is 29.4 Å². The quantitative estimate of drug-likeness (QED) is 0.845. The van der Waals surface area contributed by atoms with Gasteiger partial charge in [-0.2, -0.15) is 0 Å². The molecule has 0 bridgehead atoms. The van der Waals surface area contributed by atoms with Gasteiger partial charge in [0.2, 0.25) is 5.91 Å². The third-order valence-electron chi connectivity index (χ3n) is 5.66. The molecule has 1 aromatic carbocycles. The average molecular weight is 358 g/mol. The zero-order chi connectivity index (χ0) is 18.6. The number of rotatable bonds is 6. The Labute approximate surface area is 156 Å². The number of hydrogen-bond acceptors (Lipinski definition) is 4. The first kappa shape index (κ1) is 18.9. The van der Waals surface area contributed by atoms with E-state index in [9.17, 15) is 4.79 Å². The molecule has 142 valence electrons. The molecule has 3 rings (SSSR count). The van der Waals surface area contributed by atoms with E-state index in [0.29, 0.717) is 19.6 Å². The standard InChI is InChI=1S/C21H30N2O3/c1-4-16(3)22-20(24)21(9-11-25-12-10-21)14-18-13-19(23-26-18)17-7-5-15(2)6-8-17/h5-8,16,18H,4,9-14H2,1-3H3,(H,22,24)/t16-,18+/m0/s1. The minimum absolute atomic E-state index is 0.0490. The summed E-state index contributed by atoms with van der Waals surface area (Å²) in [6, 6.07) is 8.53. The largest absolute Gasteiger partial charge is 0.392 e. The first-order valence-corrected chi connectivity index (χ1v) is 9.71. The summed E-state index contributed by atoms with van der Waals surface area (Å²) in [6.45, 7) is 7.47. The van der Waals surface area contributed by atoms with E-state index in [-0.39, 0.29) is 18.1 Å². The number of amides is 1. The van der Waals surface area contributed by atoms with Gasteiger partial charge in [0.15, 0.2) is 0 Å². The number of ether oxygens (including phenoxy) is 1. The number of carbonyl (C=O) groups excluding carboxylic acids is 1. The normalized spacial score (nSPS) is 23.0. The number of oxime groups is 1. The molecular weight excluding hydrogens is 328 g/mol. The van der Waals surface area contributed by atoms with E-state index in [1.807, 2.05) is 0 Å². The Morgan fingerprint density at radius 1 is 1.31 bits per heavy atom. The Morgan fingerprint density at radius 3 is 2.65 bits per heavy atom. The van der Waals surface area contributed by atoms with E-state index < -0.39 is 5.41 Å². The molecule has 0 aliphatic carbocycles. The number of nitrogens with one attached hydrogen (secondary N) is 1. The summed E-state index contributed by atoms with van der Waals surface area (Å²) >= 11 is 0. The zero-order valence-corrected chi connectivity index (χ0v) is 16.1. The number of nitrogens with zero attached hydrogens (tertiary/aromatic N) is 1. The molecule has 1 aromatic rings. The topological polar surface area (TPSA) is 59.9 Å². The minimum Gasteiger partial charge on any atom is -0.392 e. The Balaban J connectivity index is 1.66. The van der Waals surface area contributed by atoms with Crippen LogP contribution in [0.5, 0.6) is 0 Å². The van der Waals surface area contributed by atoms with Crippen LogP contribution in [-0.4, -0.2) is 37.0 Å². The van der Waals surface area contributed by atoms with Crippen molar-refractivity contribution >= 4 is 11.6 Å². The molecule has 0 spiro atoms. The highest BCUT2D eigenvalue weighted by Gasteiger charge is 2.43. The van der Waals surface area contributed by atoms with Crippen molar-refractivity contribution in [1.82, 2.24) is 5.32 Å². The van der Waals surface area contributed by atoms with Gasteiger partial charge in [0, 0.05) is 32.1 Å². The van der Waals surface area contributed by atoms with Gasteiger partial charge in [-0.3, -0.25) is 4.79 Å². The summed E-state index contributed by atoms with van der Waals surface area (Å²) in [5, 5.41) is 7.48. The summed E-state index contributed by atoms with van der Waals surface area (Å²) in [4.78, 5) is 18.7. The predicted octanol–water partition coefficient (Wildman–Crippen LogP) is 3.59. The maximum Gasteiger partial charge on any atom is 0.226 e. The number of carbonyl (C=O) groups is 1. The number of aryl methyl sites for hydroxylation is 1. The molecule has 0 radical (unpaired) electrons. The van der Waals surface area contributed by atoms with Crippen LogP contribution in [0.2, 0.25) is 0 Å². The van der Waals surface area contributed by atoms with Gasteiger partial charge in [0.05, 0.1) is 11.1 Å². The Bertz CT molecular complexity index is 648. The van der Waals surface area contributed by atoms with Crippen molar-refractivity contribution in [2.45, 2.75) is 65.0 Å². The first-order valence-electron chi connectivity index (χ1n) is 9.71. The average Bonchev–Trinajstić information content (AvgIpc) is 3.11. The van der Waals surface area contributed by atoms with E-state index in [1.165, 1.54) is 5.56 Å². The van der Waals surface area contributed by atoms with Crippen molar-refractivity contribution in [3.8, 4) is 0 Å². The van der Waals surface area contributed by atoms with Gasteiger partial charge >= 0.3 is 0 Å². The molecule has 1 amide bonds. The highest BCUT2D eigenvalue weighted by Crippen LogP contribution is 2.38. The Hall–Kier alpha value is -1.88. The fraction of sp³-hybridized carbons (Fsp3) is 0.619. The van der Waals surface area contributed by atoms with E-state index in [1.54, 1.807) is 0 Å². The molecule has 26 heavy (non-hydrogen) atoms. The smallest absolute Gasteiger partial charge is 0.226 e. The van der Waals surface area contributed by atoms with Gasteiger partial charge in [-0.05, 0) is 38.7 Å². The highest BCUT2D eigenvalue weighted by atomic mass is 16.6. The second-order valence-electron chi connectivity index (χ2n) is 7.72. The lowest BCUT2D eigenvalue weighted by Gasteiger charge is -2.37. The van der Waals surface area contributed by atoms with Gasteiger partial charge in [-0.15, -0.1) is 0 Å². The Kier molecular flexibility index (Phi) is 5.97. The molecular formula is C21H30N2O3. The Morgan fingerprint density at radius 2 is 2.00 bits per heavy atom. The van der Waals surface area contributed by atoms with Crippen molar-refractivity contribution in [2.75, 3.05) is 13.2 Å². The van der Waals surface area contributed by atoms with Crippen LogP contribution in [0, 0.1) is 12.3 Å². The molecule has 1 N–H and O–H groups in total. The van der Waals surface area contributed by atoms with E-state index in [0.717, 1.165) is 37.0 Å². The van der Waals surface area contributed by atoms with E-state index in [2.05, 4.69) is 55.5 Å². The third kappa shape index (κ3) is 4.26. The molecule has 2 heterocycles. The van der Waals surface area contributed by atoms with E-state index in [4.69, 9.17) is 9.57 Å². The minimum atomic E-state index is -0.412. The molecule has 1 fully saturated rings. The van der Waals surface area contributed by atoms with Crippen molar-refractivity contribution < 1.29 is 14.4 Å². The maximum absolute atomic E-state index is 13.0. The summed E-state index contributed by atoms with van der Waals surface area (Å²) < 4.78 is 5.52. The van der Waals surface area contributed by atoms with Crippen LogP contribution in [0.3, 0.4) is 0 Å². The second kappa shape index (κ2) is 8.21. The van der Waals surface area contributed by atoms with Crippen LogP contribution >= 0.6 is 0 Å². The van der Waals surface area contributed by atoms with Crippen LogP contribution in [0.25, 0.3) is 0 Å². The van der Waals surface area contributed by atoms with Gasteiger partial charge in [-0.1, -0.05) is 41.9 Å². The van der Waals surface area contributed by atoms with Crippen molar-refractivity contribution in [1.29, 1.82) is 0 Å². The molecule has 5 nitrogen and oxygen atoms in total. The maximum atomic E-state index is 13.0. The summed E-state index contributed by atoms with van der Waals surface area (Å²) in [7, 11) is 0. The summed E-state index contributed by atoms with van der Waals surface area (Å²) in [5.74, 6) is 0.141. The predicted molar refractivity (Wildman–Crippen MR) is 102 cm³/mol. The van der Waals surface area contributed by atoms with Crippen molar-refractivity contribution in [3.05, 3.63) is 35.4 Å². The molecule has 2 aliphatic heterocycles. The van der Waals surface area contributed by atoms with Crippen molar-refractivity contribution in [2.24, 2.45) is 10.6 Å². The molecule has 5 heteroatoms. The molecule has 2 atom stereocenters. The van der Waals surface area contributed by atoms with E-state index >= 15 is 0 Å². The van der Waals surface area contributed by atoms with Gasteiger partial charge in [0.25, 0.3) is 0 Å². The van der Waals surface area contributed by atoms with Crippen LogP contribution < -0.4 is 5.32 Å². The first-order chi connectivity index (χ1) is 12.5. The fourth-order valence-electron chi connectivity index (χ4n) is 3.66. The van der Waals surface area contributed by atoms with Crippen LogP contribution in [-0.2, 0) is 14.4 Å². The molecule has 2 aliphatic rings. The molecule has 1 saturated heterocycles. The van der Waals surface area contributed by atoms with Gasteiger partial charge in [-0.25, -0.2) is 0 Å². The molecule has 0 aromatic heterocycles. The monoisotopic (exact) mass is 358 g/mol. The summed E-state index contributed by atoms with van der Waals surface area (Å²) in [6.07, 6.45) is 3.81. The number of benzene rings is 1. The molecule has 0 unspecified atom stereocenters. The van der Waals surface area contributed by atoms with Crippen LogP contribution in [0.4, 0.5) is 0 Å². The third-order valence-corrected chi connectivity index (χ3v) is 5.66. The highest BCUT2D eigenvalue weighted by molar-refractivity contribution is 6.01. The number of hydrogen-bond donors (Lipinski definition) is 1. The lowest BCUT2D eigenvalue weighted by atomic mass is 9.74. The second-order valence-corrected chi connectivity index (χ2v) is 7.72. The lowest BCUT2D eigenvalue weighted by Crippen LogP contribution is -2.48. The SMILES string of the molecule is CC[C@H](C)NC(=O)C1(C[C@H]2CC(c3ccc(C)cc3)=NO2)CCOCC1. The summed E-state index contributed by atoms with van der Waals surface area (Å²) in [5.41, 5.74) is 2.89. The molecule has 0 saturated carbocycles. The van der Waals surface area contributed by atoms with Crippen LogP contribution in [0.1, 0.15) is 57.1 Å².